The molecule has 1 aromatic heterocycles. The normalized spacial score (nSPS) is 14.1. The van der Waals surface area contributed by atoms with Crippen molar-refractivity contribution in [3.05, 3.63) is 17.5 Å². The molecule has 0 aliphatic carbocycles. The fraction of sp³-hybridized carbons (Fsp3) is 0.750. The lowest BCUT2D eigenvalue weighted by Gasteiger charge is -2.20. The van der Waals surface area contributed by atoms with Gasteiger partial charge in [0.05, 0.1) is 17.3 Å². The number of rotatable bonds is 6. The summed E-state index contributed by atoms with van der Waals surface area (Å²) < 4.78 is 10.6. The Morgan fingerprint density at radius 2 is 2.25 bits per heavy atom. The predicted octanol–water partition coefficient (Wildman–Crippen LogP) is 2.44. The average Bonchev–Trinajstić information content (AvgIpc) is 2.66. The topological polar surface area (TPSA) is 61.3 Å². The Morgan fingerprint density at radius 3 is 2.81 bits per heavy atom. The first-order chi connectivity index (χ1) is 7.48. The largest absolute Gasteiger partial charge is 0.378 e. The van der Waals surface area contributed by atoms with E-state index in [1.54, 1.807) is 7.11 Å². The Morgan fingerprint density at radius 1 is 1.56 bits per heavy atom. The number of nitrogens with zero attached hydrogens (tertiary/aromatic N) is 1. The molecule has 0 radical (unpaired) electrons. The zero-order valence-electron chi connectivity index (χ0n) is 10.6. The Kier molecular flexibility index (Phi) is 4.50. The average molecular weight is 226 g/mol. The van der Waals surface area contributed by atoms with Gasteiger partial charge < -0.3 is 15.0 Å². The molecule has 1 rings (SSSR count). The second kappa shape index (κ2) is 5.46. The minimum atomic E-state index is -0.219. The van der Waals surface area contributed by atoms with Gasteiger partial charge in [-0.05, 0) is 20.3 Å². The lowest BCUT2D eigenvalue weighted by Crippen LogP contribution is -2.25. The van der Waals surface area contributed by atoms with Gasteiger partial charge in [-0.25, -0.2) is 0 Å². The smallest absolute Gasteiger partial charge is 0.153 e. The van der Waals surface area contributed by atoms with Crippen molar-refractivity contribution in [1.82, 2.24) is 5.16 Å². The third kappa shape index (κ3) is 3.61. The summed E-state index contributed by atoms with van der Waals surface area (Å²) in [5, 5.41) is 4.02. The summed E-state index contributed by atoms with van der Waals surface area (Å²) in [6.07, 6.45) is 2.69. The highest BCUT2D eigenvalue weighted by Crippen LogP contribution is 2.20. The highest BCUT2D eigenvalue weighted by molar-refractivity contribution is 5.10. The molecule has 0 fully saturated rings. The molecule has 16 heavy (non-hydrogen) atoms. The van der Waals surface area contributed by atoms with E-state index in [0.29, 0.717) is 0 Å². The SMILES string of the molecule is CCCC(N)c1cc(CC(C)(C)OC)no1. The second-order valence-electron chi connectivity index (χ2n) is 4.76. The molecule has 0 bridgehead atoms. The van der Waals surface area contributed by atoms with Crippen LogP contribution in [0.2, 0.25) is 0 Å². The van der Waals surface area contributed by atoms with Crippen LogP contribution in [-0.4, -0.2) is 17.9 Å². The molecule has 4 heteroatoms. The molecule has 0 aliphatic rings. The van der Waals surface area contributed by atoms with Gasteiger partial charge in [-0.2, -0.15) is 0 Å². The Hall–Kier alpha value is -0.870. The van der Waals surface area contributed by atoms with Crippen LogP contribution in [0.1, 0.15) is 51.1 Å². The van der Waals surface area contributed by atoms with Crippen LogP contribution in [0.15, 0.2) is 10.6 Å². The number of aromatic nitrogens is 1. The lowest BCUT2D eigenvalue weighted by atomic mass is 10.0. The first-order valence-corrected chi connectivity index (χ1v) is 5.74. The fourth-order valence-electron chi connectivity index (χ4n) is 1.55. The molecular formula is C12H22N2O2. The number of hydrogen-bond acceptors (Lipinski definition) is 4. The van der Waals surface area contributed by atoms with Gasteiger partial charge in [-0.1, -0.05) is 18.5 Å². The molecule has 4 nitrogen and oxygen atoms in total. The first kappa shape index (κ1) is 13.2. The van der Waals surface area contributed by atoms with Crippen molar-refractivity contribution in [3.63, 3.8) is 0 Å². The van der Waals surface area contributed by atoms with Crippen LogP contribution in [0.4, 0.5) is 0 Å². The summed E-state index contributed by atoms with van der Waals surface area (Å²) >= 11 is 0. The molecule has 1 heterocycles. The highest BCUT2D eigenvalue weighted by atomic mass is 16.5. The van der Waals surface area contributed by atoms with E-state index in [4.69, 9.17) is 15.0 Å². The number of ether oxygens (including phenoxy) is 1. The first-order valence-electron chi connectivity index (χ1n) is 5.74. The van der Waals surface area contributed by atoms with Gasteiger partial charge in [0, 0.05) is 19.6 Å². The van der Waals surface area contributed by atoms with E-state index in [1.807, 2.05) is 19.9 Å². The molecular weight excluding hydrogens is 204 g/mol. The van der Waals surface area contributed by atoms with Crippen molar-refractivity contribution < 1.29 is 9.26 Å². The van der Waals surface area contributed by atoms with Crippen LogP contribution in [0.3, 0.4) is 0 Å². The van der Waals surface area contributed by atoms with Gasteiger partial charge in [-0.15, -0.1) is 0 Å². The molecule has 1 aromatic rings. The van der Waals surface area contributed by atoms with E-state index >= 15 is 0 Å². The van der Waals surface area contributed by atoms with Crippen molar-refractivity contribution >= 4 is 0 Å². The minimum Gasteiger partial charge on any atom is -0.378 e. The van der Waals surface area contributed by atoms with Crippen molar-refractivity contribution in [1.29, 1.82) is 0 Å². The van der Waals surface area contributed by atoms with Crippen LogP contribution in [0.25, 0.3) is 0 Å². The molecule has 0 saturated heterocycles. The van der Waals surface area contributed by atoms with Gasteiger partial charge in [0.1, 0.15) is 0 Å². The maximum absolute atomic E-state index is 5.95. The molecule has 1 atom stereocenters. The molecule has 0 aliphatic heterocycles. The van der Waals surface area contributed by atoms with E-state index in [1.165, 1.54) is 0 Å². The highest BCUT2D eigenvalue weighted by Gasteiger charge is 2.20. The van der Waals surface area contributed by atoms with Crippen molar-refractivity contribution in [2.45, 2.75) is 51.7 Å². The molecule has 0 saturated carbocycles. The van der Waals surface area contributed by atoms with E-state index in [0.717, 1.165) is 30.7 Å². The van der Waals surface area contributed by atoms with Gasteiger partial charge >= 0.3 is 0 Å². The summed E-state index contributed by atoms with van der Waals surface area (Å²) in [6.45, 7) is 6.14. The third-order valence-electron chi connectivity index (χ3n) is 2.70. The zero-order chi connectivity index (χ0) is 12.2. The second-order valence-corrected chi connectivity index (χ2v) is 4.76. The van der Waals surface area contributed by atoms with Gasteiger partial charge in [0.15, 0.2) is 5.76 Å². The molecule has 0 spiro atoms. The standard InChI is InChI=1S/C12H22N2O2/c1-5-6-10(13)11-7-9(14-16-11)8-12(2,3)15-4/h7,10H,5-6,8,13H2,1-4H3. The number of hydrogen-bond donors (Lipinski definition) is 1. The van der Waals surface area contributed by atoms with Crippen molar-refractivity contribution in [2.24, 2.45) is 5.73 Å². The Labute approximate surface area is 97.1 Å². The van der Waals surface area contributed by atoms with Gasteiger partial charge in [-0.3, -0.25) is 0 Å². The fourth-order valence-corrected chi connectivity index (χ4v) is 1.55. The minimum absolute atomic E-state index is 0.0445. The molecule has 92 valence electrons. The molecule has 0 amide bonds. The number of methoxy groups -OCH3 is 1. The van der Waals surface area contributed by atoms with Crippen LogP contribution < -0.4 is 5.73 Å². The maximum atomic E-state index is 5.95. The van der Waals surface area contributed by atoms with Gasteiger partial charge in [0.25, 0.3) is 0 Å². The summed E-state index contributed by atoms with van der Waals surface area (Å²) in [4.78, 5) is 0. The monoisotopic (exact) mass is 226 g/mol. The third-order valence-corrected chi connectivity index (χ3v) is 2.70. The van der Waals surface area contributed by atoms with Crippen molar-refractivity contribution in [2.75, 3.05) is 7.11 Å². The lowest BCUT2D eigenvalue weighted by molar-refractivity contribution is 0.0218. The Bertz CT molecular complexity index is 321. The molecule has 2 N–H and O–H groups in total. The maximum Gasteiger partial charge on any atom is 0.153 e. The summed E-state index contributed by atoms with van der Waals surface area (Å²) in [7, 11) is 1.70. The van der Waals surface area contributed by atoms with Crippen LogP contribution in [-0.2, 0) is 11.2 Å². The number of nitrogens with two attached hydrogens (primary N) is 1. The van der Waals surface area contributed by atoms with E-state index in [2.05, 4.69) is 12.1 Å². The zero-order valence-corrected chi connectivity index (χ0v) is 10.6. The van der Waals surface area contributed by atoms with Crippen LogP contribution in [0.5, 0.6) is 0 Å². The van der Waals surface area contributed by atoms with Gasteiger partial charge in [0.2, 0.25) is 0 Å². The van der Waals surface area contributed by atoms with E-state index in [9.17, 15) is 0 Å². The van der Waals surface area contributed by atoms with Crippen molar-refractivity contribution in [3.8, 4) is 0 Å². The predicted molar refractivity (Wildman–Crippen MR) is 63.1 cm³/mol. The van der Waals surface area contributed by atoms with Crippen LogP contribution >= 0.6 is 0 Å². The summed E-state index contributed by atoms with van der Waals surface area (Å²) in [5.74, 6) is 0.767. The van der Waals surface area contributed by atoms with Crippen LogP contribution in [0, 0.1) is 0 Å². The summed E-state index contributed by atoms with van der Waals surface area (Å²) in [5.41, 5.74) is 6.63. The molecule has 0 aromatic carbocycles. The summed E-state index contributed by atoms with van der Waals surface area (Å²) in [6, 6.07) is 1.89. The Balaban J connectivity index is 2.64. The van der Waals surface area contributed by atoms with E-state index in [-0.39, 0.29) is 11.6 Å². The van der Waals surface area contributed by atoms with E-state index < -0.39 is 0 Å². The molecule has 1 unspecified atom stereocenters. The quantitative estimate of drug-likeness (QED) is 0.809.